The summed E-state index contributed by atoms with van der Waals surface area (Å²) in [5, 5.41) is 23.8. The number of halogens is 1. The van der Waals surface area contributed by atoms with Crippen LogP contribution in [0.15, 0.2) is 18.2 Å². The summed E-state index contributed by atoms with van der Waals surface area (Å²) in [5.41, 5.74) is 0.550. The number of rotatable bonds is 6. The van der Waals surface area contributed by atoms with Gasteiger partial charge in [-0.2, -0.15) is 0 Å². The van der Waals surface area contributed by atoms with Crippen LogP contribution in [0.5, 0.6) is 0 Å². The highest BCUT2D eigenvalue weighted by Gasteiger charge is 2.14. The average molecular weight is 273 g/mol. The highest BCUT2D eigenvalue weighted by atomic mass is 35.5. The van der Waals surface area contributed by atoms with Crippen LogP contribution in [0.2, 0.25) is 5.02 Å². The number of aliphatic hydroxyl groups is 1. The maximum atomic E-state index is 10.8. The molecule has 1 aromatic rings. The third kappa shape index (κ3) is 4.25. The molecule has 0 fully saturated rings. The Balaban J connectivity index is 2.65. The summed E-state index contributed by atoms with van der Waals surface area (Å²) < 4.78 is 0. The van der Waals surface area contributed by atoms with Crippen molar-refractivity contribution in [3.8, 4) is 0 Å². The zero-order valence-electron chi connectivity index (χ0n) is 10.4. The SMILES string of the molecule is CC(C)C(O)CNCc1ccc(Cl)cc1[N+](=O)[O-]. The van der Waals surface area contributed by atoms with Gasteiger partial charge in [0.1, 0.15) is 0 Å². The normalized spacial score (nSPS) is 12.7. The molecule has 1 aromatic carbocycles. The summed E-state index contributed by atoms with van der Waals surface area (Å²) in [4.78, 5) is 10.4. The molecule has 0 aliphatic heterocycles. The molecule has 0 aliphatic carbocycles. The number of nitrogens with zero attached hydrogens (tertiary/aromatic N) is 1. The zero-order chi connectivity index (χ0) is 13.7. The lowest BCUT2D eigenvalue weighted by atomic mass is 10.1. The fourth-order valence-corrected chi connectivity index (χ4v) is 1.61. The number of hydrogen-bond donors (Lipinski definition) is 2. The smallest absolute Gasteiger partial charge is 0.275 e. The van der Waals surface area contributed by atoms with E-state index in [9.17, 15) is 15.2 Å². The number of hydrogen-bond acceptors (Lipinski definition) is 4. The van der Waals surface area contributed by atoms with E-state index in [2.05, 4.69) is 5.32 Å². The van der Waals surface area contributed by atoms with Crippen LogP contribution in [-0.4, -0.2) is 22.7 Å². The van der Waals surface area contributed by atoms with Gasteiger partial charge in [0.05, 0.1) is 11.0 Å². The van der Waals surface area contributed by atoms with Gasteiger partial charge in [0.25, 0.3) is 5.69 Å². The monoisotopic (exact) mass is 272 g/mol. The lowest BCUT2D eigenvalue weighted by Gasteiger charge is -2.15. The van der Waals surface area contributed by atoms with E-state index in [1.165, 1.54) is 6.07 Å². The molecule has 0 bridgehead atoms. The van der Waals surface area contributed by atoms with Gasteiger partial charge in [-0.25, -0.2) is 0 Å². The van der Waals surface area contributed by atoms with Gasteiger partial charge in [-0.1, -0.05) is 25.4 Å². The van der Waals surface area contributed by atoms with E-state index >= 15 is 0 Å². The quantitative estimate of drug-likeness (QED) is 0.616. The molecule has 0 aliphatic rings. The molecule has 5 nitrogen and oxygen atoms in total. The Kier molecular flexibility index (Phi) is 5.53. The third-order valence-electron chi connectivity index (χ3n) is 2.68. The molecule has 18 heavy (non-hydrogen) atoms. The highest BCUT2D eigenvalue weighted by molar-refractivity contribution is 6.30. The zero-order valence-corrected chi connectivity index (χ0v) is 11.1. The van der Waals surface area contributed by atoms with E-state index in [1.54, 1.807) is 12.1 Å². The second-order valence-electron chi connectivity index (χ2n) is 4.47. The van der Waals surface area contributed by atoms with E-state index < -0.39 is 11.0 Å². The number of nitro groups is 1. The Hall–Kier alpha value is -1.17. The Morgan fingerprint density at radius 2 is 2.17 bits per heavy atom. The van der Waals surface area contributed by atoms with Crippen molar-refractivity contribution >= 4 is 17.3 Å². The van der Waals surface area contributed by atoms with E-state index in [1.807, 2.05) is 13.8 Å². The van der Waals surface area contributed by atoms with E-state index in [-0.39, 0.29) is 11.6 Å². The Bertz CT molecular complexity index is 424. The molecule has 0 heterocycles. The molecule has 0 radical (unpaired) electrons. The predicted molar refractivity (Wildman–Crippen MR) is 70.7 cm³/mol. The van der Waals surface area contributed by atoms with Crippen LogP contribution >= 0.6 is 11.6 Å². The van der Waals surface area contributed by atoms with Crippen LogP contribution in [0.3, 0.4) is 0 Å². The van der Waals surface area contributed by atoms with E-state index in [0.29, 0.717) is 23.7 Å². The molecule has 1 unspecified atom stereocenters. The number of aliphatic hydroxyl groups excluding tert-OH is 1. The summed E-state index contributed by atoms with van der Waals surface area (Å²) >= 11 is 5.72. The molecule has 0 saturated heterocycles. The van der Waals surface area contributed by atoms with Crippen molar-refractivity contribution in [2.24, 2.45) is 5.92 Å². The lowest BCUT2D eigenvalue weighted by Crippen LogP contribution is -2.30. The molecule has 100 valence electrons. The first-order valence-corrected chi connectivity index (χ1v) is 6.11. The van der Waals surface area contributed by atoms with Gasteiger partial charge in [0.2, 0.25) is 0 Å². The van der Waals surface area contributed by atoms with Gasteiger partial charge in [-0.05, 0) is 18.1 Å². The topological polar surface area (TPSA) is 75.4 Å². The molecule has 0 spiro atoms. The molecule has 0 saturated carbocycles. The summed E-state index contributed by atoms with van der Waals surface area (Å²) in [6.45, 7) is 4.56. The van der Waals surface area contributed by atoms with Crippen molar-refractivity contribution in [3.05, 3.63) is 38.9 Å². The molecular formula is C12H17ClN2O3. The van der Waals surface area contributed by atoms with Crippen molar-refractivity contribution in [1.29, 1.82) is 0 Å². The molecule has 6 heteroatoms. The largest absolute Gasteiger partial charge is 0.392 e. The first-order valence-electron chi connectivity index (χ1n) is 5.73. The standard InChI is InChI=1S/C12H17ClN2O3/c1-8(2)12(16)7-14-6-9-3-4-10(13)5-11(9)15(17)18/h3-5,8,12,14,16H,6-7H2,1-2H3. The van der Waals surface area contributed by atoms with Gasteiger partial charge in [-0.15, -0.1) is 0 Å². The Labute approximate surface area is 111 Å². The van der Waals surface area contributed by atoms with Crippen LogP contribution in [0.4, 0.5) is 5.69 Å². The molecule has 0 aromatic heterocycles. The second-order valence-corrected chi connectivity index (χ2v) is 4.91. The van der Waals surface area contributed by atoms with Gasteiger partial charge in [0, 0.05) is 29.7 Å². The van der Waals surface area contributed by atoms with Crippen LogP contribution < -0.4 is 5.32 Å². The number of benzene rings is 1. The minimum Gasteiger partial charge on any atom is -0.392 e. The number of nitrogens with one attached hydrogen (secondary N) is 1. The Morgan fingerprint density at radius 1 is 1.50 bits per heavy atom. The molecule has 1 atom stereocenters. The lowest BCUT2D eigenvalue weighted by molar-refractivity contribution is -0.385. The van der Waals surface area contributed by atoms with E-state index in [0.717, 1.165) is 0 Å². The number of nitro benzene ring substituents is 1. The average Bonchev–Trinajstić information content (AvgIpc) is 2.30. The molecule has 1 rings (SSSR count). The van der Waals surface area contributed by atoms with Crippen LogP contribution in [0.1, 0.15) is 19.4 Å². The van der Waals surface area contributed by atoms with Gasteiger partial charge in [0.15, 0.2) is 0 Å². The fraction of sp³-hybridized carbons (Fsp3) is 0.500. The fourth-order valence-electron chi connectivity index (χ4n) is 1.45. The van der Waals surface area contributed by atoms with Crippen molar-refractivity contribution in [1.82, 2.24) is 5.32 Å². The summed E-state index contributed by atoms with van der Waals surface area (Å²) in [6.07, 6.45) is -0.462. The van der Waals surface area contributed by atoms with Crippen molar-refractivity contribution in [2.75, 3.05) is 6.54 Å². The highest BCUT2D eigenvalue weighted by Crippen LogP contribution is 2.22. The van der Waals surface area contributed by atoms with Crippen LogP contribution in [-0.2, 0) is 6.54 Å². The molecule has 0 amide bonds. The van der Waals surface area contributed by atoms with Crippen LogP contribution in [0, 0.1) is 16.0 Å². The first kappa shape index (κ1) is 14.9. The van der Waals surface area contributed by atoms with Crippen molar-refractivity contribution in [2.45, 2.75) is 26.5 Å². The maximum absolute atomic E-state index is 10.8. The first-order chi connectivity index (χ1) is 8.41. The van der Waals surface area contributed by atoms with Crippen LogP contribution in [0.25, 0.3) is 0 Å². The van der Waals surface area contributed by atoms with Gasteiger partial charge >= 0.3 is 0 Å². The summed E-state index contributed by atoms with van der Waals surface area (Å²) in [7, 11) is 0. The third-order valence-corrected chi connectivity index (χ3v) is 2.92. The van der Waals surface area contributed by atoms with Gasteiger partial charge < -0.3 is 10.4 Å². The molecular weight excluding hydrogens is 256 g/mol. The Morgan fingerprint density at radius 3 is 2.72 bits per heavy atom. The second kappa shape index (κ2) is 6.68. The van der Waals surface area contributed by atoms with Crippen molar-refractivity contribution in [3.63, 3.8) is 0 Å². The minimum absolute atomic E-state index is 0.00552. The summed E-state index contributed by atoms with van der Waals surface area (Å²) in [5.74, 6) is 0.151. The van der Waals surface area contributed by atoms with Crippen molar-refractivity contribution < 1.29 is 10.0 Å². The summed E-state index contributed by atoms with van der Waals surface area (Å²) in [6, 6.07) is 4.57. The minimum atomic E-state index is -0.462. The van der Waals surface area contributed by atoms with Gasteiger partial charge in [-0.3, -0.25) is 10.1 Å². The van der Waals surface area contributed by atoms with E-state index in [4.69, 9.17) is 11.6 Å². The molecule has 2 N–H and O–H groups in total. The maximum Gasteiger partial charge on any atom is 0.275 e. The predicted octanol–water partition coefficient (Wildman–Crippen LogP) is 2.35.